The van der Waals surface area contributed by atoms with E-state index in [0.29, 0.717) is 35.3 Å². The van der Waals surface area contributed by atoms with Gasteiger partial charge in [-0.25, -0.2) is 0 Å². The molecule has 0 N–H and O–H groups in total. The van der Waals surface area contributed by atoms with Crippen LogP contribution in [0, 0.1) is 13.8 Å². The lowest BCUT2D eigenvalue weighted by molar-refractivity contribution is 0.224. The van der Waals surface area contributed by atoms with Crippen molar-refractivity contribution in [1.82, 2.24) is 0 Å². The second-order valence-corrected chi connectivity index (χ2v) is 17.4. The molecule has 0 radical (unpaired) electrons. The predicted octanol–water partition coefficient (Wildman–Crippen LogP) is 8.17. The van der Waals surface area contributed by atoms with Gasteiger partial charge in [-0.15, -0.1) is 11.8 Å². The van der Waals surface area contributed by atoms with Gasteiger partial charge in [0.05, 0.1) is 13.2 Å². The standard InChI is InChI=1S/C22H41O4PSSi/c1-11-24-27(23,25-12-2)15-28-21-13-19(9)22(20(10)14-21)26-29(16(3)4,17(5)6)18(7)8/h13-14,16-18H,11-12,15H2,1-10H3. The maximum Gasteiger partial charge on any atom is 0.340 e. The van der Waals surface area contributed by atoms with Crippen molar-refractivity contribution in [1.29, 1.82) is 0 Å². The number of aryl methyl sites for hydroxylation is 2. The molecule has 0 saturated heterocycles. The summed E-state index contributed by atoms with van der Waals surface area (Å²) >= 11 is 1.52. The summed E-state index contributed by atoms with van der Waals surface area (Å²) in [5.41, 5.74) is 4.16. The van der Waals surface area contributed by atoms with Crippen LogP contribution in [0.15, 0.2) is 17.0 Å². The molecule has 0 aromatic heterocycles. The summed E-state index contributed by atoms with van der Waals surface area (Å²) in [6.07, 6.45) is 0. The lowest BCUT2D eigenvalue weighted by Crippen LogP contribution is -2.51. The first-order valence-corrected chi connectivity index (χ1v) is 15.6. The summed E-state index contributed by atoms with van der Waals surface area (Å²) in [6.45, 7) is 22.5. The first-order valence-electron chi connectivity index (χ1n) is 10.7. The third-order valence-corrected chi connectivity index (χ3v) is 15.1. The fourth-order valence-electron chi connectivity index (χ4n) is 4.34. The molecule has 0 bridgehead atoms. The van der Waals surface area contributed by atoms with E-state index in [2.05, 4.69) is 67.5 Å². The second kappa shape index (κ2) is 11.4. The topological polar surface area (TPSA) is 44.8 Å². The van der Waals surface area contributed by atoms with Crippen molar-refractivity contribution in [3.05, 3.63) is 23.3 Å². The highest BCUT2D eigenvalue weighted by atomic mass is 32.2. The smallest absolute Gasteiger partial charge is 0.340 e. The zero-order valence-corrected chi connectivity index (χ0v) is 22.7. The Morgan fingerprint density at radius 3 is 1.66 bits per heavy atom. The van der Waals surface area contributed by atoms with Crippen LogP contribution >= 0.6 is 19.4 Å². The minimum absolute atomic E-state index is 0.316. The number of hydrogen-bond donors (Lipinski definition) is 0. The Hall–Kier alpha value is -0.263. The van der Waals surface area contributed by atoms with Gasteiger partial charge in [0, 0.05) is 4.90 Å². The van der Waals surface area contributed by atoms with Crippen molar-refractivity contribution in [2.45, 2.75) is 90.8 Å². The maximum atomic E-state index is 12.8. The van der Waals surface area contributed by atoms with Gasteiger partial charge >= 0.3 is 7.60 Å². The van der Waals surface area contributed by atoms with Gasteiger partial charge in [0.2, 0.25) is 0 Å². The number of rotatable bonds is 12. The van der Waals surface area contributed by atoms with Crippen molar-refractivity contribution in [3.8, 4) is 5.75 Å². The Kier molecular flexibility index (Phi) is 10.5. The molecular formula is C22H41O4PSSi. The van der Waals surface area contributed by atoms with Gasteiger partial charge in [-0.1, -0.05) is 41.5 Å². The first kappa shape index (κ1) is 26.8. The molecule has 0 aliphatic heterocycles. The molecule has 7 heteroatoms. The molecule has 0 heterocycles. The highest BCUT2D eigenvalue weighted by molar-refractivity contribution is 8.04. The van der Waals surface area contributed by atoms with E-state index in [1.165, 1.54) is 11.8 Å². The van der Waals surface area contributed by atoms with Crippen molar-refractivity contribution in [3.63, 3.8) is 0 Å². The molecule has 0 unspecified atom stereocenters. The average molecular weight is 461 g/mol. The molecular weight excluding hydrogens is 419 g/mol. The molecule has 1 aromatic rings. The molecule has 0 fully saturated rings. The van der Waals surface area contributed by atoms with Gasteiger partial charge in [-0.05, 0) is 67.6 Å². The van der Waals surface area contributed by atoms with Gasteiger partial charge in [-0.2, -0.15) is 0 Å². The Morgan fingerprint density at radius 2 is 1.31 bits per heavy atom. The molecule has 0 spiro atoms. The second-order valence-electron chi connectivity index (χ2n) is 8.53. The van der Waals surface area contributed by atoms with Gasteiger partial charge in [0.25, 0.3) is 8.32 Å². The first-order chi connectivity index (χ1) is 13.4. The van der Waals surface area contributed by atoms with E-state index in [1.807, 2.05) is 13.8 Å². The SMILES string of the molecule is CCOP(=O)(CSc1cc(C)c(O[Si](C(C)C)(C(C)C)C(C)C)c(C)c1)OCC. The minimum Gasteiger partial charge on any atom is -0.542 e. The van der Waals surface area contributed by atoms with Crippen LogP contribution in [0.25, 0.3) is 0 Å². The molecule has 0 aliphatic rings. The number of hydrogen-bond acceptors (Lipinski definition) is 5. The quantitative estimate of drug-likeness (QED) is 0.179. The highest BCUT2D eigenvalue weighted by Crippen LogP contribution is 2.52. The normalized spacial score (nSPS) is 13.0. The van der Waals surface area contributed by atoms with E-state index in [0.717, 1.165) is 21.8 Å². The van der Waals surface area contributed by atoms with E-state index in [1.54, 1.807) is 0 Å². The zero-order chi connectivity index (χ0) is 22.4. The summed E-state index contributed by atoms with van der Waals surface area (Å²) in [5, 5.41) is 0. The molecule has 29 heavy (non-hydrogen) atoms. The van der Waals surface area contributed by atoms with Crippen molar-refractivity contribution < 1.29 is 18.0 Å². The number of benzene rings is 1. The van der Waals surface area contributed by atoms with Crippen LogP contribution in [0.4, 0.5) is 0 Å². The number of thioether (sulfide) groups is 1. The van der Waals surface area contributed by atoms with Crippen LogP contribution in [-0.2, 0) is 13.6 Å². The monoisotopic (exact) mass is 460 g/mol. The average Bonchev–Trinajstić information content (AvgIpc) is 2.59. The fraction of sp³-hybridized carbons (Fsp3) is 0.727. The molecule has 4 nitrogen and oxygen atoms in total. The fourth-order valence-corrected chi connectivity index (χ4v) is 12.9. The molecule has 1 aromatic carbocycles. The van der Waals surface area contributed by atoms with Gasteiger partial charge in [0.15, 0.2) is 0 Å². The molecule has 0 amide bonds. The molecule has 0 atom stereocenters. The molecule has 1 rings (SSSR count). The lowest BCUT2D eigenvalue weighted by Gasteiger charge is -2.43. The van der Waals surface area contributed by atoms with E-state index in [-0.39, 0.29) is 0 Å². The minimum atomic E-state index is -3.06. The van der Waals surface area contributed by atoms with Gasteiger partial charge in [-0.3, -0.25) is 4.57 Å². The van der Waals surface area contributed by atoms with Gasteiger partial charge in [0.1, 0.15) is 11.2 Å². The molecule has 168 valence electrons. The Bertz CT molecular complexity index is 651. The lowest BCUT2D eigenvalue weighted by atomic mass is 10.1. The van der Waals surface area contributed by atoms with Crippen LogP contribution in [-0.4, -0.2) is 27.0 Å². The largest absolute Gasteiger partial charge is 0.542 e. The van der Waals surface area contributed by atoms with Crippen molar-refractivity contribution in [2.75, 3.05) is 18.7 Å². The summed E-state index contributed by atoms with van der Waals surface area (Å²) in [4.78, 5) is 1.07. The third-order valence-electron chi connectivity index (χ3n) is 5.46. The zero-order valence-electron chi connectivity index (χ0n) is 20.0. The summed E-state index contributed by atoms with van der Waals surface area (Å²) in [7, 11) is -5.07. The molecule has 0 saturated carbocycles. The van der Waals surface area contributed by atoms with Crippen molar-refractivity contribution >= 4 is 27.7 Å². The van der Waals surface area contributed by atoms with Crippen molar-refractivity contribution in [2.24, 2.45) is 0 Å². The Morgan fingerprint density at radius 1 is 0.897 bits per heavy atom. The van der Waals surface area contributed by atoms with Crippen LogP contribution < -0.4 is 4.43 Å². The van der Waals surface area contributed by atoms with Gasteiger partial charge < -0.3 is 13.5 Å². The molecule has 0 aliphatic carbocycles. The van der Waals surface area contributed by atoms with Crippen LogP contribution in [0.5, 0.6) is 5.75 Å². The van der Waals surface area contributed by atoms with E-state index in [4.69, 9.17) is 13.5 Å². The van der Waals surface area contributed by atoms with E-state index in [9.17, 15) is 4.57 Å². The highest BCUT2D eigenvalue weighted by Gasteiger charge is 2.47. The summed E-state index contributed by atoms with van der Waals surface area (Å²) in [6, 6.07) is 4.27. The van der Waals surface area contributed by atoms with Crippen LogP contribution in [0.1, 0.15) is 66.5 Å². The van der Waals surface area contributed by atoms with Crippen LogP contribution in [0.3, 0.4) is 0 Å². The van der Waals surface area contributed by atoms with E-state index < -0.39 is 15.9 Å². The van der Waals surface area contributed by atoms with Crippen LogP contribution in [0.2, 0.25) is 16.6 Å². The maximum absolute atomic E-state index is 12.8. The van der Waals surface area contributed by atoms with E-state index >= 15 is 0 Å². The Balaban J connectivity index is 3.16. The predicted molar refractivity (Wildman–Crippen MR) is 129 cm³/mol. The summed E-state index contributed by atoms with van der Waals surface area (Å²) < 4.78 is 30.5. The summed E-state index contributed by atoms with van der Waals surface area (Å²) in [5.74, 6) is 1.02. The third kappa shape index (κ3) is 6.61. The Labute approximate surface area is 184 Å².